The summed E-state index contributed by atoms with van der Waals surface area (Å²) >= 11 is 0. The second-order valence-corrected chi connectivity index (χ2v) is 6.43. The van der Waals surface area contributed by atoms with Crippen LogP contribution in [0.4, 0.5) is 11.6 Å². The van der Waals surface area contributed by atoms with Crippen LogP contribution in [0.25, 0.3) is 11.3 Å². The van der Waals surface area contributed by atoms with Crippen LogP contribution in [0.15, 0.2) is 66.9 Å². The number of hydrogen-bond donors (Lipinski definition) is 2. The van der Waals surface area contributed by atoms with E-state index in [1.54, 1.807) is 24.4 Å². The highest BCUT2D eigenvalue weighted by Gasteiger charge is 2.07. The predicted molar refractivity (Wildman–Crippen MR) is 113 cm³/mol. The Balaban J connectivity index is 1.74. The molecule has 0 spiro atoms. The fourth-order valence-corrected chi connectivity index (χ4v) is 2.81. The van der Waals surface area contributed by atoms with Crippen LogP contribution in [0, 0.1) is 6.92 Å². The molecule has 2 N–H and O–H groups in total. The third-order valence-corrected chi connectivity index (χ3v) is 4.36. The summed E-state index contributed by atoms with van der Waals surface area (Å²) in [6, 6.07) is 14.9. The van der Waals surface area contributed by atoms with Crippen molar-refractivity contribution in [3.05, 3.63) is 78.0 Å². The van der Waals surface area contributed by atoms with Crippen molar-refractivity contribution in [1.82, 2.24) is 9.97 Å². The molecule has 0 radical (unpaired) electrons. The lowest BCUT2D eigenvalue weighted by molar-refractivity contribution is 0.148. The first-order valence-corrected chi connectivity index (χ1v) is 9.38. The molecule has 1 aromatic heterocycles. The molecule has 0 aliphatic rings. The van der Waals surface area contributed by atoms with Gasteiger partial charge in [0.1, 0.15) is 5.75 Å². The van der Waals surface area contributed by atoms with Crippen LogP contribution in [-0.4, -0.2) is 21.7 Å². The van der Waals surface area contributed by atoms with Crippen molar-refractivity contribution >= 4 is 11.6 Å². The van der Waals surface area contributed by atoms with Crippen LogP contribution in [0.1, 0.15) is 24.5 Å². The van der Waals surface area contributed by atoms with Crippen LogP contribution in [0.3, 0.4) is 0 Å². The molecule has 1 heterocycles. The fraction of sp³-hybridized carbons (Fsp3) is 0.217. The average Bonchev–Trinajstić information content (AvgIpc) is 2.71. The van der Waals surface area contributed by atoms with Gasteiger partial charge in [0.05, 0.1) is 18.9 Å². The Morgan fingerprint density at radius 1 is 1.11 bits per heavy atom. The van der Waals surface area contributed by atoms with Gasteiger partial charge in [0.2, 0.25) is 5.95 Å². The lowest BCUT2D eigenvalue weighted by Gasteiger charge is -2.13. The number of phenols is 1. The lowest BCUT2D eigenvalue weighted by atomic mass is 10.1. The standard InChI is InChI=1S/C23H25N3O2/c1-3-4-5-14-28-16-19-9-7-11-21(17(19)2)25-23-24-13-12-22(26-23)18-8-6-10-20(27)15-18/h4-13,15,27H,3,14,16H2,1-2H3,(H,24,25,26)/b5-4+. The van der Waals surface area contributed by atoms with Gasteiger partial charge in [0, 0.05) is 17.4 Å². The van der Waals surface area contributed by atoms with E-state index in [1.165, 1.54) is 0 Å². The van der Waals surface area contributed by atoms with E-state index in [4.69, 9.17) is 4.74 Å². The van der Waals surface area contributed by atoms with Gasteiger partial charge in [-0.2, -0.15) is 0 Å². The summed E-state index contributed by atoms with van der Waals surface area (Å²) in [6.07, 6.45) is 6.86. The number of anilines is 2. The quantitative estimate of drug-likeness (QED) is 0.408. The second kappa shape index (κ2) is 9.67. The summed E-state index contributed by atoms with van der Waals surface area (Å²) in [6.45, 7) is 5.33. The molecule has 0 aliphatic heterocycles. The van der Waals surface area contributed by atoms with E-state index in [2.05, 4.69) is 41.3 Å². The number of hydrogen-bond acceptors (Lipinski definition) is 5. The van der Waals surface area contributed by atoms with Crippen molar-refractivity contribution in [2.24, 2.45) is 0 Å². The molecule has 0 saturated heterocycles. The van der Waals surface area contributed by atoms with E-state index in [0.29, 0.717) is 19.2 Å². The number of allylic oxidation sites excluding steroid dienone is 1. The first kappa shape index (κ1) is 19.6. The minimum Gasteiger partial charge on any atom is -0.508 e. The molecule has 0 saturated carbocycles. The van der Waals surface area contributed by atoms with E-state index in [0.717, 1.165) is 34.5 Å². The summed E-state index contributed by atoms with van der Waals surface area (Å²) < 4.78 is 5.73. The Kier molecular flexibility index (Phi) is 6.76. The van der Waals surface area contributed by atoms with Gasteiger partial charge in [-0.3, -0.25) is 0 Å². The molecule has 0 aliphatic carbocycles. The van der Waals surface area contributed by atoms with Gasteiger partial charge >= 0.3 is 0 Å². The fourth-order valence-electron chi connectivity index (χ4n) is 2.81. The molecular formula is C23H25N3O2. The number of rotatable bonds is 8. The zero-order valence-corrected chi connectivity index (χ0v) is 16.2. The molecule has 3 rings (SSSR count). The lowest BCUT2D eigenvalue weighted by Crippen LogP contribution is -2.02. The van der Waals surface area contributed by atoms with E-state index in [-0.39, 0.29) is 5.75 Å². The molecule has 2 aromatic carbocycles. The smallest absolute Gasteiger partial charge is 0.227 e. The highest BCUT2D eigenvalue weighted by Crippen LogP contribution is 2.25. The van der Waals surface area contributed by atoms with Crippen molar-refractivity contribution in [2.75, 3.05) is 11.9 Å². The molecule has 28 heavy (non-hydrogen) atoms. The Hall–Kier alpha value is -3.18. The van der Waals surface area contributed by atoms with Crippen molar-refractivity contribution in [1.29, 1.82) is 0 Å². The van der Waals surface area contributed by atoms with Crippen molar-refractivity contribution < 1.29 is 9.84 Å². The summed E-state index contributed by atoms with van der Waals surface area (Å²) in [5.74, 6) is 0.718. The van der Waals surface area contributed by atoms with Gasteiger partial charge in [-0.25, -0.2) is 9.97 Å². The molecule has 0 atom stereocenters. The highest BCUT2D eigenvalue weighted by molar-refractivity contribution is 5.65. The number of benzene rings is 2. The molecule has 0 fully saturated rings. The maximum Gasteiger partial charge on any atom is 0.227 e. The molecule has 0 unspecified atom stereocenters. The van der Waals surface area contributed by atoms with E-state index < -0.39 is 0 Å². The first-order chi connectivity index (χ1) is 13.7. The molecule has 5 heteroatoms. The van der Waals surface area contributed by atoms with Gasteiger partial charge in [0.25, 0.3) is 0 Å². The minimum absolute atomic E-state index is 0.211. The van der Waals surface area contributed by atoms with Gasteiger partial charge in [-0.05, 0) is 48.7 Å². The number of aromatic hydroxyl groups is 1. The van der Waals surface area contributed by atoms with Crippen molar-refractivity contribution in [3.8, 4) is 17.0 Å². The highest BCUT2D eigenvalue weighted by atomic mass is 16.5. The summed E-state index contributed by atoms with van der Waals surface area (Å²) in [5.41, 5.74) is 4.75. The summed E-state index contributed by atoms with van der Waals surface area (Å²) in [5, 5.41) is 13.0. The van der Waals surface area contributed by atoms with Crippen LogP contribution in [-0.2, 0) is 11.3 Å². The maximum absolute atomic E-state index is 9.69. The Labute approximate surface area is 165 Å². The normalized spacial score (nSPS) is 11.1. The second-order valence-electron chi connectivity index (χ2n) is 6.43. The third-order valence-electron chi connectivity index (χ3n) is 4.36. The molecule has 0 bridgehead atoms. The molecule has 144 valence electrons. The number of nitrogens with one attached hydrogen (secondary N) is 1. The largest absolute Gasteiger partial charge is 0.508 e. The first-order valence-electron chi connectivity index (χ1n) is 9.38. The summed E-state index contributed by atoms with van der Waals surface area (Å²) in [7, 11) is 0. The molecule has 3 aromatic rings. The van der Waals surface area contributed by atoms with Gasteiger partial charge in [-0.15, -0.1) is 0 Å². The zero-order chi connectivity index (χ0) is 19.8. The Morgan fingerprint density at radius 2 is 1.96 bits per heavy atom. The predicted octanol–water partition coefficient (Wildman–Crippen LogP) is 5.38. The van der Waals surface area contributed by atoms with E-state index in [1.807, 2.05) is 30.3 Å². The number of aromatic nitrogens is 2. The number of nitrogens with zero attached hydrogens (tertiary/aromatic N) is 2. The van der Waals surface area contributed by atoms with Crippen LogP contribution in [0.5, 0.6) is 5.75 Å². The van der Waals surface area contributed by atoms with Crippen LogP contribution >= 0.6 is 0 Å². The van der Waals surface area contributed by atoms with E-state index in [9.17, 15) is 5.11 Å². The number of ether oxygens (including phenoxy) is 1. The summed E-state index contributed by atoms with van der Waals surface area (Å²) in [4.78, 5) is 8.90. The Morgan fingerprint density at radius 3 is 2.79 bits per heavy atom. The maximum atomic E-state index is 9.69. The Bertz CT molecular complexity index is 954. The SMILES string of the molecule is CC/C=C/COCc1cccc(Nc2nccc(-c3cccc(O)c3)n2)c1C. The minimum atomic E-state index is 0.211. The van der Waals surface area contributed by atoms with Gasteiger partial charge in [0.15, 0.2) is 0 Å². The monoisotopic (exact) mass is 375 g/mol. The molecule has 5 nitrogen and oxygen atoms in total. The van der Waals surface area contributed by atoms with Crippen molar-refractivity contribution in [3.63, 3.8) is 0 Å². The third kappa shape index (κ3) is 5.18. The van der Waals surface area contributed by atoms with Gasteiger partial charge < -0.3 is 15.2 Å². The zero-order valence-electron chi connectivity index (χ0n) is 16.2. The topological polar surface area (TPSA) is 67.3 Å². The van der Waals surface area contributed by atoms with Crippen LogP contribution < -0.4 is 5.32 Å². The van der Waals surface area contributed by atoms with E-state index >= 15 is 0 Å². The van der Waals surface area contributed by atoms with Crippen molar-refractivity contribution in [2.45, 2.75) is 26.9 Å². The average molecular weight is 375 g/mol. The molecular weight excluding hydrogens is 350 g/mol. The molecule has 0 amide bonds. The number of phenolic OH excluding ortho intramolecular Hbond substituents is 1. The van der Waals surface area contributed by atoms with Gasteiger partial charge in [-0.1, -0.05) is 43.3 Å². The van der Waals surface area contributed by atoms with Crippen LogP contribution in [0.2, 0.25) is 0 Å².